The smallest absolute Gasteiger partial charge is 0.274 e. The van der Waals surface area contributed by atoms with Crippen LogP contribution in [0.2, 0.25) is 0 Å². The van der Waals surface area contributed by atoms with Crippen LogP contribution in [0.15, 0.2) is 42.5 Å². The summed E-state index contributed by atoms with van der Waals surface area (Å²) < 4.78 is 5.38. The minimum absolute atomic E-state index is 0.0857. The van der Waals surface area contributed by atoms with E-state index in [0.717, 1.165) is 0 Å². The molecule has 0 atom stereocenters. The van der Waals surface area contributed by atoms with Crippen LogP contribution >= 0.6 is 0 Å². The summed E-state index contributed by atoms with van der Waals surface area (Å²) in [4.78, 5) is 34.6. The molecule has 0 aromatic heterocycles. The Hall–Kier alpha value is -3.42. The Balaban J connectivity index is 1.98. The Morgan fingerprint density at radius 3 is 2.62 bits per heavy atom. The summed E-state index contributed by atoms with van der Waals surface area (Å²) in [6.07, 6.45) is 0. The van der Waals surface area contributed by atoms with E-state index >= 15 is 0 Å². The van der Waals surface area contributed by atoms with E-state index in [2.05, 4.69) is 10.6 Å². The summed E-state index contributed by atoms with van der Waals surface area (Å²) in [6.45, 7) is 3.56. The number of hydrogen-bond acceptors (Lipinski definition) is 5. The lowest BCUT2D eigenvalue weighted by Gasteiger charge is -2.11. The van der Waals surface area contributed by atoms with Gasteiger partial charge in [0.05, 0.1) is 23.6 Å². The van der Waals surface area contributed by atoms with Crippen LogP contribution in [-0.2, 0) is 4.79 Å². The molecule has 0 saturated heterocycles. The lowest BCUT2D eigenvalue weighted by molar-refractivity contribution is -0.385. The maximum Gasteiger partial charge on any atom is 0.274 e. The number of para-hydroxylation sites is 1. The lowest BCUT2D eigenvalue weighted by Crippen LogP contribution is -2.33. The molecule has 2 N–H and O–H groups in total. The van der Waals surface area contributed by atoms with E-state index in [1.807, 2.05) is 6.92 Å². The first kappa shape index (κ1) is 18.9. The third-order valence-electron chi connectivity index (χ3n) is 3.53. The Bertz CT molecular complexity index is 835. The van der Waals surface area contributed by atoms with Gasteiger partial charge in [-0.3, -0.25) is 19.7 Å². The Labute approximate surface area is 150 Å². The minimum atomic E-state index is -0.516. The van der Waals surface area contributed by atoms with Crippen molar-refractivity contribution >= 4 is 23.2 Å². The molecule has 2 aromatic carbocycles. The fourth-order valence-corrected chi connectivity index (χ4v) is 2.28. The van der Waals surface area contributed by atoms with Crippen molar-refractivity contribution in [1.82, 2.24) is 5.32 Å². The molecule has 0 bridgehead atoms. The Morgan fingerprint density at radius 2 is 1.92 bits per heavy atom. The molecule has 0 aliphatic rings. The van der Waals surface area contributed by atoms with Gasteiger partial charge in [0.1, 0.15) is 5.75 Å². The second-order valence-electron chi connectivity index (χ2n) is 5.42. The number of ether oxygens (including phenoxy) is 1. The number of hydrogen-bond donors (Lipinski definition) is 2. The van der Waals surface area contributed by atoms with Gasteiger partial charge in [-0.15, -0.1) is 0 Å². The molecule has 2 amide bonds. The van der Waals surface area contributed by atoms with Gasteiger partial charge in [0, 0.05) is 17.3 Å². The van der Waals surface area contributed by atoms with Gasteiger partial charge in [-0.05, 0) is 32.0 Å². The summed E-state index contributed by atoms with van der Waals surface area (Å²) in [5, 5.41) is 16.0. The highest BCUT2D eigenvalue weighted by atomic mass is 16.6. The summed E-state index contributed by atoms with van der Waals surface area (Å²) in [7, 11) is 0. The van der Waals surface area contributed by atoms with Gasteiger partial charge in [0.15, 0.2) is 0 Å². The predicted molar refractivity (Wildman–Crippen MR) is 96.4 cm³/mol. The maximum absolute atomic E-state index is 12.2. The number of benzene rings is 2. The first-order valence-corrected chi connectivity index (χ1v) is 7.97. The van der Waals surface area contributed by atoms with Gasteiger partial charge in [-0.25, -0.2) is 0 Å². The van der Waals surface area contributed by atoms with E-state index in [4.69, 9.17) is 4.74 Å². The molecule has 0 aliphatic heterocycles. The molecular weight excluding hydrogens is 338 g/mol. The van der Waals surface area contributed by atoms with E-state index in [9.17, 15) is 19.7 Å². The Morgan fingerprint density at radius 1 is 1.19 bits per heavy atom. The molecule has 0 spiro atoms. The number of carbonyl (C=O) groups is 2. The van der Waals surface area contributed by atoms with Crippen molar-refractivity contribution in [2.75, 3.05) is 18.5 Å². The van der Waals surface area contributed by atoms with Gasteiger partial charge >= 0.3 is 0 Å². The number of nitrogens with one attached hydrogen (secondary N) is 2. The molecule has 0 aliphatic carbocycles. The number of nitrogens with zero attached hydrogens (tertiary/aromatic N) is 1. The zero-order valence-corrected chi connectivity index (χ0v) is 14.4. The molecule has 26 heavy (non-hydrogen) atoms. The second-order valence-corrected chi connectivity index (χ2v) is 5.42. The standard InChI is InChI=1S/C18H19N3O5/c1-3-26-16-7-5-4-6-14(16)18(23)19-11-17(22)20-13-9-8-12(2)15(10-13)21(24)25/h4-10H,3,11H2,1-2H3,(H,19,23)(H,20,22). The zero-order chi connectivity index (χ0) is 19.1. The monoisotopic (exact) mass is 357 g/mol. The van der Waals surface area contributed by atoms with E-state index in [1.165, 1.54) is 6.07 Å². The van der Waals surface area contributed by atoms with E-state index in [1.54, 1.807) is 43.3 Å². The summed E-state index contributed by atoms with van der Waals surface area (Å²) >= 11 is 0. The van der Waals surface area contributed by atoms with Crippen molar-refractivity contribution in [1.29, 1.82) is 0 Å². The van der Waals surface area contributed by atoms with Crippen LogP contribution < -0.4 is 15.4 Å². The first-order chi connectivity index (χ1) is 12.4. The van der Waals surface area contributed by atoms with Crippen LogP contribution in [-0.4, -0.2) is 29.9 Å². The lowest BCUT2D eigenvalue weighted by atomic mass is 10.2. The molecule has 0 radical (unpaired) electrons. The summed E-state index contributed by atoms with van der Waals surface area (Å²) in [6, 6.07) is 11.1. The minimum Gasteiger partial charge on any atom is -0.493 e. The van der Waals surface area contributed by atoms with E-state index in [-0.39, 0.29) is 17.9 Å². The van der Waals surface area contributed by atoms with Crippen LogP contribution in [0.25, 0.3) is 0 Å². The molecule has 8 heteroatoms. The zero-order valence-electron chi connectivity index (χ0n) is 14.4. The number of anilines is 1. The van der Waals surface area contributed by atoms with Gasteiger partial charge in [-0.1, -0.05) is 18.2 Å². The average Bonchev–Trinajstić information content (AvgIpc) is 2.62. The van der Waals surface area contributed by atoms with Crippen molar-refractivity contribution in [2.45, 2.75) is 13.8 Å². The number of rotatable bonds is 7. The molecule has 0 unspecified atom stereocenters. The van der Waals surface area contributed by atoms with Gasteiger partial charge < -0.3 is 15.4 Å². The van der Waals surface area contributed by atoms with Crippen molar-refractivity contribution in [2.24, 2.45) is 0 Å². The first-order valence-electron chi connectivity index (χ1n) is 7.97. The third-order valence-corrected chi connectivity index (χ3v) is 3.53. The molecule has 0 heterocycles. The molecular formula is C18H19N3O5. The van der Waals surface area contributed by atoms with Crippen molar-refractivity contribution in [3.8, 4) is 5.75 Å². The highest BCUT2D eigenvalue weighted by Crippen LogP contribution is 2.22. The SMILES string of the molecule is CCOc1ccccc1C(=O)NCC(=O)Nc1ccc(C)c([N+](=O)[O-])c1. The molecule has 0 saturated carbocycles. The van der Waals surface area contributed by atoms with Crippen molar-refractivity contribution in [3.05, 3.63) is 63.7 Å². The molecule has 8 nitrogen and oxygen atoms in total. The number of amides is 2. The van der Waals surface area contributed by atoms with Crippen LogP contribution in [0, 0.1) is 17.0 Å². The number of carbonyl (C=O) groups excluding carboxylic acids is 2. The molecule has 136 valence electrons. The van der Waals surface area contributed by atoms with Crippen LogP contribution in [0.3, 0.4) is 0 Å². The fourth-order valence-electron chi connectivity index (χ4n) is 2.28. The molecule has 0 fully saturated rings. The number of nitro groups is 1. The van der Waals surface area contributed by atoms with Gasteiger partial charge in [0.25, 0.3) is 11.6 Å². The average molecular weight is 357 g/mol. The Kier molecular flexibility index (Phi) is 6.26. The topological polar surface area (TPSA) is 111 Å². The predicted octanol–water partition coefficient (Wildman–Crippen LogP) is 2.67. The van der Waals surface area contributed by atoms with Crippen LogP contribution in [0.5, 0.6) is 5.75 Å². The molecule has 2 rings (SSSR count). The summed E-state index contributed by atoms with van der Waals surface area (Å²) in [5.74, 6) is -0.508. The van der Waals surface area contributed by atoms with E-state index in [0.29, 0.717) is 23.5 Å². The van der Waals surface area contributed by atoms with E-state index < -0.39 is 16.7 Å². The highest BCUT2D eigenvalue weighted by Gasteiger charge is 2.15. The number of nitro benzene ring substituents is 1. The van der Waals surface area contributed by atoms with Crippen molar-refractivity contribution < 1.29 is 19.2 Å². The quantitative estimate of drug-likeness (QED) is 0.585. The third kappa shape index (κ3) is 4.79. The fraction of sp³-hybridized carbons (Fsp3) is 0.222. The largest absolute Gasteiger partial charge is 0.493 e. The van der Waals surface area contributed by atoms with Gasteiger partial charge in [-0.2, -0.15) is 0 Å². The maximum atomic E-state index is 12.2. The van der Waals surface area contributed by atoms with Crippen LogP contribution in [0.1, 0.15) is 22.8 Å². The normalized spacial score (nSPS) is 10.1. The summed E-state index contributed by atoms with van der Waals surface area (Å²) in [5.41, 5.74) is 1.02. The van der Waals surface area contributed by atoms with Crippen molar-refractivity contribution in [3.63, 3.8) is 0 Å². The number of aryl methyl sites for hydroxylation is 1. The highest BCUT2D eigenvalue weighted by molar-refractivity contribution is 6.00. The van der Waals surface area contributed by atoms with Gasteiger partial charge in [0.2, 0.25) is 5.91 Å². The van der Waals surface area contributed by atoms with Crippen LogP contribution in [0.4, 0.5) is 11.4 Å². The second kappa shape index (κ2) is 8.61. The molecule has 2 aromatic rings.